The number of hydrogen-bond acceptors (Lipinski definition) is 5. The molecule has 0 aliphatic carbocycles. The van der Waals surface area contributed by atoms with Crippen molar-refractivity contribution in [1.82, 2.24) is 20.0 Å². The predicted octanol–water partition coefficient (Wildman–Crippen LogP) is 1.40. The fraction of sp³-hybridized carbons (Fsp3) is 0.765. The molecule has 0 aromatic carbocycles. The van der Waals surface area contributed by atoms with Gasteiger partial charge in [-0.1, -0.05) is 6.92 Å². The Labute approximate surface area is 144 Å². The van der Waals surface area contributed by atoms with Crippen molar-refractivity contribution in [1.29, 1.82) is 0 Å². The van der Waals surface area contributed by atoms with Crippen molar-refractivity contribution in [3.05, 3.63) is 11.4 Å². The largest absolute Gasteiger partial charge is 0.380 e. The molecule has 136 valence electrons. The van der Waals surface area contributed by atoms with Crippen LogP contribution in [-0.4, -0.2) is 77.9 Å². The summed E-state index contributed by atoms with van der Waals surface area (Å²) in [7, 11) is 0. The lowest BCUT2D eigenvalue weighted by Gasteiger charge is -2.40. The summed E-state index contributed by atoms with van der Waals surface area (Å²) in [6.07, 6.45) is 1.09. The second kappa shape index (κ2) is 9.15. The smallest absolute Gasteiger partial charge is 0.238 e. The standard InChI is InChI=1S/C17H31N5O2/c1-5-15-11-21(7-8-22(15)9-10-24-6-2)12-16(23)18-17-13(3)19-20-14(17)4/h15H,5-12H2,1-4H3,(H,18,23)(H,19,20). The second-order valence-corrected chi connectivity index (χ2v) is 6.39. The van der Waals surface area contributed by atoms with Gasteiger partial charge in [-0.05, 0) is 27.2 Å². The van der Waals surface area contributed by atoms with Gasteiger partial charge in [0.25, 0.3) is 0 Å². The molecule has 2 heterocycles. The van der Waals surface area contributed by atoms with Crippen molar-refractivity contribution < 1.29 is 9.53 Å². The number of carbonyl (C=O) groups is 1. The maximum atomic E-state index is 12.3. The van der Waals surface area contributed by atoms with E-state index in [0.717, 1.165) is 62.9 Å². The van der Waals surface area contributed by atoms with Gasteiger partial charge in [0.05, 0.1) is 30.2 Å². The van der Waals surface area contributed by atoms with E-state index in [2.05, 4.69) is 32.2 Å². The van der Waals surface area contributed by atoms with Crippen LogP contribution in [0.5, 0.6) is 0 Å². The van der Waals surface area contributed by atoms with E-state index in [4.69, 9.17) is 4.74 Å². The molecule has 7 heteroatoms. The number of H-pyrrole nitrogens is 1. The summed E-state index contributed by atoms with van der Waals surface area (Å²) in [5.74, 6) is 0.0280. The van der Waals surface area contributed by atoms with Crippen molar-refractivity contribution in [3.63, 3.8) is 0 Å². The Morgan fingerprint density at radius 3 is 2.79 bits per heavy atom. The molecule has 1 unspecified atom stereocenters. The Kier molecular flexibility index (Phi) is 7.20. The second-order valence-electron chi connectivity index (χ2n) is 6.39. The first-order valence-corrected chi connectivity index (χ1v) is 8.90. The molecule has 1 aliphatic rings. The summed E-state index contributed by atoms with van der Waals surface area (Å²) in [5, 5.41) is 9.99. The van der Waals surface area contributed by atoms with E-state index in [9.17, 15) is 4.79 Å². The van der Waals surface area contributed by atoms with E-state index in [1.807, 2.05) is 20.8 Å². The van der Waals surface area contributed by atoms with E-state index in [-0.39, 0.29) is 5.91 Å². The minimum Gasteiger partial charge on any atom is -0.380 e. The Balaban J connectivity index is 1.82. The molecule has 2 N–H and O–H groups in total. The van der Waals surface area contributed by atoms with Gasteiger partial charge in [-0.3, -0.25) is 19.7 Å². The number of nitrogens with zero attached hydrogens (tertiary/aromatic N) is 3. The van der Waals surface area contributed by atoms with Crippen LogP contribution >= 0.6 is 0 Å². The Hall–Kier alpha value is -1.44. The first-order valence-electron chi connectivity index (χ1n) is 8.90. The number of piperazine rings is 1. The van der Waals surface area contributed by atoms with Gasteiger partial charge in [0, 0.05) is 38.8 Å². The maximum Gasteiger partial charge on any atom is 0.238 e. The summed E-state index contributed by atoms with van der Waals surface area (Å²) in [5.41, 5.74) is 2.53. The Morgan fingerprint density at radius 1 is 1.38 bits per heavy atom. The highest BCUT2D eigenvalue weighted by Gasteiger charge is 2.26. The van der Waals surface area contributed by atoms with Crippen molar-refractivity contribution in [3.8, 4) is 0 Å². The number of ether oxygens (including phenoxy) is 1. The molecule has 1 aliphatic heterocycles. The van der Waals surface area contributed by atoms with Crippen LogP contribution in [0.2, 0.25) is 0 Å². The molecule has 1 aromatic heterocycles. The van der Waals surface area contributed by atoms with Crippen molar-refractivity contribution >= 4 is 11.6 Å². The lowest BCUT2D eigenvalue weighted by Crippen LogP contribution is -2.54. The number of nitrogens with one attached hydrogen (secondary N) is 2. The molecule has 0 bridgehead atoms. The number of amides is 1. The van der Waals surface area contributed by atoms with Crippen LogP contribution < -0.4 is 5.32 Å². The highest BCUT2D eigenvalue weighted by molar-refractivity contribution is 5.93. The van der Waals surface area contributed by atoms with Crippen LogP contribution in [0.1, 0.15) is 31.7 Å². The molecular weight excluding hydrogens is 306 g/mol. The highest BCUT2D eigenvalue weighted by atomic mass is 16.5. The lowest BCUT2D eigenvalue weighted by atomic mass is 10.1. The SMILES string of the molecule is CCOCCN1CCN(CC(=O)Nc2c(C)n[nH]c2C)CC1CC. The summed E-state index contributed by atoms with van der Waals surface area (Å²) in [4.78, 5) is 17.1. The topological polar surface area (TPSA) is 73.5 Å². The molecule has 1 aromatic rings. The quantitative estimate of drug-likeness (QED) is 0.702. The van der Waals surface area contributed by atoms with Crippen LogP contribution in [0.25, 0.3) is 0 Å². The van der Waals surface area contributed by atoms with Crippen LogP contribution in [0.15, 0.2) is 0 Å². The van der Waals surface area contributed by atoms with Gasteiger partial charge in [0.1, 0.15) is 0 Å². The van der Waals surface area contributed by atoms with E-state index < -0.39 is 0 Å². The van der Waals surface area contributed by atoms with Gasteiger partial charge < -0.3 is 10.1 Å². The number of aryl methyl sites for hydroxylation is 2. The first-order chi connectivity index (χ1) is 11.5. The fourth-order valence-electron chi connectivity index (χ4n) is 3.23. The normalized spacial score (nSPS) is 19.6. The number of anilines is 1. The summed E-state index contributed by atoms with van der Waals surface area (Å²) in [6.45, 7) is 13.8. The molecule has 0 radical (unpaired) electrons. The van der Waals surface area contributed by atoms with Gasteiger partial charge in [-0.25, -0.2) is 0 Å². The zero-order valence-corrected chi connectivity index (χ0v) is 15.4. The number of aromatic amines is 1. The maximum absolute atomic E-state index is 12.3. The molecule has 1 amide bonds. The average Bonchev–Trinajstić information content (AvgIpc) is 2.88. The molecule has 1 saturated heterocycles. The number of hydrogen-bond donors (Lipinski definition) is 2. The van der Waals surface area contributed by atoms with Crippen LogP contribution in [-0.2, 0) is 9.53 Å². The summed E-state index contributed by atoms with van der Waals surface area (Å²) < 4.78 is 5.47. The van der Waals surface area contributed by atoms with Gasteiger partial charge in [0.2, 0.25) is 5.91 Å². The number of aromatic nitrogens is 2. The summed E-state index contributed by atoms with van der Waals surface area (Å²) in [6, 6.07) is 0.490. The minimum atomic E-state index is 0.0280. The molecule has 24 heavy (non-hydrogen) atoms. The van der Waals surface area contributed by atoms with Crippen LogP contribution in [0.3, 0.4) is 0 Å². The molecule has 2 rings (SSSR count). The third-order valence-electron chi connectivity index (χ3n) is 4.65. The third-order valence-corrected chi connectivity index (χ3v) is 4.65. The predicted molar refractivity (Wildman–Crippen MR) is 95.3 cm³/mol. The van der Waals surface area contributed by atoms with E-state index in [0.29, 0.717) is 12.6 Å². The van der Waals surface area contributed by atoms with Gasteiger partial charge in [-0.2, -0.15) is 5.10 Å². The monoisotopic (exact) mass is 337 g/mol. The molecule has 0 spiro atoms. The van der Waals surface area contributed by atoms with Crippen molar-refractivity contribution in [2.45, 2.75) is 40.2 Å². The van der Waals surface area contributed by atoms with Gasteiger partial charge >= 0.3 is 0 Å². The average molecular weight is 337 g/mol. The minimum absolute atomic E-state index is 0.0280. The van der Waals surface area contributed by atoms with Crippen LogP contribution in [0.4, 0.5) is 5.69 Å². The zero-order chi connectivity index (χ0) is 17.5. The summed E-state index contributed by atoms with van der Waals surface area (Å²) >= 11 is 0. The molecular formula is C17H31N5O2. The number of rotatable bonds is 8. The molecule has 0 saturated carbocycles. The van der Waals surface area contributed by atoms with E-state index in [1.54, 1.807) is 0 Å². The van der Waals surface area contributed by atoms with Crippen molar-refractivity contribution in [2.24, 2.45) is 0 Å². The lowest BCUT2D eigenvalue weighted by molar-refractivity contribution is -0.118. The zero-order valence-electron chi connectivity index (χ0n) is 15.4. The molecule has 1 fully saturated rings. The van der Waals surface area contributed by atoms with Crippen molar-refractivity contribution in [2.75, 3.05) is 51.3 Å². The number of carbonyl (C=O) groups excluding carboxylic acids is 1. The third kappa shape index (κ3) is 5.03. The highest BCUT2D eigenvalue weighted by Crippen LogP contribution is 2.17. The van der Waals surface area contributed by atoms with E-state index in [1.165, 1.54) is 0 Å². The molecule has 1 atom stereocenters. The van der Waals surface area contributed by atoms with Gasteiger partial charge in [0.15, 0.2) is 0 Å². The van der Waals surface area contributed by atoms with Gasteiger partial charge in [-0.15, -0.1) is 0 Å². The molecule has 7 nitrogen and oxygen atoms in total. The Morgan fingerprint density at radius 2 is 2.17 bits per heavy atom. The fourth-order valence-corrected chi connectivity index (χ4v) is 3.23. The van der Waals surface area contributed by atoms with E-state index >= 15 is 0 Å². The Bertz CT molecular complexity index is 512. The first kappa shape index (κ1) is 18.9. The van der Waals surface area contributed by atoms with Crippen LogP contribution in [0, 0.1) is 13.8 Å².